The van der Waals surface area contributed by atoms with Crippen LogP contribution in [0.25, 0.3) is 10.2 Å². The van der Waals surface area contributed by atoms with Crippen molar-refractivity contribution in [2.75, 3.05) is 25.6 Å². The quantitative estimate of drug-likeness (QED) is 0.463. The van der Waals surface area contributed by atoms with E-state index in [0.29, 0.717) is 46.9 Å². The van der Waals surface area contributed by atoms with E-state index in [-0.39, 0.29) is 17.5 Å². The van der Waals surface area contributed by atoms with Crippen LogP contribution in [0.5, 0.6) is 23.0 Å². The first kappa shape index (κ1) is 20.7. The molecule has 2 aromatic carbocycles. The van der Waals surface area contributed by atoms with Gasteiger partial charge in [-0.1, -0.05) is 11.3 Å². The smallest absolute Gasteiger partial charge is 0.269 e. The highest BCUT2D eigenvalue weighted by atomic mass is 32.1. The molecule has 0 bridgehead atoms. The second-order valence-electron chi connectivity index (χ2n) is 7.02. The van der Waals surface area contributed by atoms with Gasteiger partial charge in [-0.3, -0.25) is 19.9 Å². The third-order valence-electron chi connectivity index (χ3n) is 4.81. The number of rotatable bonds is 5. The molecule has 166 valence electrons. The Morgan fingerprint density at radius 3 is 2.64 bits per heavy atom. The number of anilines is 1. The highest BCUT2D eigenvalue weighted by molar-refractivity contribution is 7.22. The first-order valence-corrected chi connectivity index (χ1v) is 10.9. The maximum atomic E-state index is 12.7. The largest absolute Gasteiger partial charge is 0.486 e. The molecule has 10 heteroatoms. The van der Waals surface area contributed by atoms with Crippen LogP contribution in [-0.2, 0) is 0 Å². The molecule has 33 heavy (non-hydrogen) atoms. The SMILES string of the molecule is CNC(=O)c1cc(Oc2ccc3nc(NC(=O)c4ccc5c(c4)OCCO5)sc3c2)ccn1. The fourth-order valence-corrected chi connectivity index (χ4v) is 4.13. The average molecular weight is 462 g/mol. The molecule has 2 aromatic heterocycles. The maximum Gasteiger partial charge on any atom is 0.269 e. The van der Waals surface area contributed by atoms with Gasteiger partial charge in [-0.15, -0.1) is 0 Å². The summed E-state index contributed by atoms with van der Waals surface area (Å²) in [5, 5.41) is 5.82. The lowest BCUT2D eigenvalue weighted by atomic mass is 10.2. The number of carbonyl (C=O) groups is 2. The van der Waals surface area contributed by atoms with Gasteiger partial charge in [0, 0.05) is 30.9 Å². The zero-order valence-electron chi connectivity index (χ0n) is 17.5. The van der Waals surface area contributed by atoms with E-state index in [1.165, 1.54) is 17.5 Å². The number of hydrogen-bond donors (Lipinski definition) is 2. The molecule has 2 N–H and O–H groups in total. The minimum atomic E-state index is -0.295. The number of hydrogen-bond acceptors (Lipinski definition) is 8. The maximum absolute atomic E-state index is 12.7. The van der Waals surface area contributed by atoms with Gasteiger partial charge in [0.05, 0.1) is 10.2 Å². The van der Waals surface area contributed by atoms with Gasteiger partial charge < -0.3 is 19.5 Å². The second kappa shape index (κ2) is 8.75. The monoisotopic (exact) mass is 462 g/mol. The molecule has 2 amide bonds. The van der Waals surface area contributed by atoms with E-state index in [1.807, 2.05) is 12.1 Å². The van der Waals surface area contributed by atoms with Crippen molar-refractivity contribution in [2.24, 2.45) is 0 Å². The molecule has 0 aliphatic carbocycles. The fourth-order valence-electron chi connectivity index (χ4n) is 3.24. The van der Waals surface area contributed by atoms with Gasteiger partial charge >= 0.3 is 0 Å². The Kier molecular flexibility index (Phi) is 5.49. The van der Waals surface area contributed by atoms with E-state index < -0.39 is 0 Å². The summed E-state index contributed by atoms with van der Waals surface area (Å²) in [4.78, 5) is 33.0. The summed E-state index contributed by atoms with van der Waals surface area (Å²) in [6.07, 6.45) is 1.51. The van der Waals surface area contributed by atoms with E-state index in [0.717, 1.165) is 10.2 Å². The number of thiazole rings is 1. The van der Waals surface area contributed by atoms with Gasteiger partial charge in [0.2, 0.25) is 0 Å². The van der Waals surface area contributed by atoms with E-state index >= 15 is 0 Å². The lowest BCUT2D eigenvalue weighted by molar-refractivity contribution is 0.0957. The highest BCUT2D eigenvalue weighted by Gasteiger charge is 2.16. The molecule has 0 saturated heterocycles. The van der Waals surface area contributed by atoms with Gasteiger partial charge in [-0.2, -0.15) is 0 Å². The Morgan fingerprint density at radius 2 is 1.79 bits per heavy atom. The van der Waals surface area contributed by atoms with Gasteiger partial charge in [0.25, 0.3) is 11.8 Å². The van der Waals surface area contributed by atoms with E-state index in [1.54, 1.807) is 43.4 Å². The van der Waals surface area contributed by atoms with Crippen LogP contribution in [0.1, 0.15) is 20.8 Å². The fraction of sp³-hybridized carbons (Fsp3) is 0.130. The predicted molar refractivity (Wildman–Crippen MR) is 123 cm³/mol. The van der Waals surface area contributed by atoms with Crippen molar-refractivity contribution in [1.29, 1.82) is 0 Å². The van der Waals surface area contributed by atoms with Gasteiger partial charge in [-0.25, -0.2) is 4.98 Å². The standard InChI is InChI=1S/C23H18N4O5S/c1-24-22(29)17-11-15(6-7-25-17)32-14-3-4-16-20(12-14)33-23(26-16)27-21(28)13-2-5-18-19(10-13)31-9-8-30-18/h2-7,10-12H,8-9H2,1H3,(H,24,29)(H,26,27,28). The number of nitrogens with one attached hydrogen (secondary N) is 2. The van der Waals surface area contributed by atoms with Crippen molar-refractivity contribution in [3.63, 3.8) is 0 Å². The molecule has 0 spiro atoms. The third kappa shape index (κ3) is 4.41. The van der Waals surface area contributed by atoms with Crippen LogP contribution in [0.15, 0.2) is 54.7 Å². The normalized spacial score (nSPS) is 12.3. The van der Waals surface area contributed by atoms with Crippen molar-refractivity contribution in [2.45, 2.75) is 0 Å². The number of carbonyl (C=O) groups excluding carboxylic acids is 2. The molecule has 4 aromatic rings. The van der Waals surface area contributed by atoms with Gasteiger partial charge in [0.15, 0.2) is 16.6 Å². The van der Waals surface area contributed by atoms with Crippen LogP contribution in [0.3, 0.4) is 0 Å². The lowest BCUT2D eigenvalue weighted by Gasteiger charge is -2.18. The van der Waals surface area contributed by atoms with Crippen molar-refractivity contribution in [3.05, 3.63) is 66.0 Å². The van der Waals surface area contributed by atoms with Crippen molar-refractivity contribution in [3.8, 4) is 23.0 Å². The van der Waals surface area contributed by atoms with Crippen LogP contribution in [0.2, 0.25) is 0 Å². The summed E-state index contributed by atoms with van der Waals surface area (Å²) >= 11 is 1.33. The van der Waals surface area contributed by atoms with Crippen molar-refractivity contribution < 1.29 is 23.8 Å². The van der Waals surface area contributed by atoms with Crippen LogP contribution in [-0.4, -0.2) is 42.0 Å². The number of nitrogens with zero attached hydrogens (tertiary/aromatic N) is 2. The molecule has 1 aliphatic rings. The number of pyridine rings is 1. The summed E-state index contributed by atoms with van der Waals surface area (Å²) in [5.41, 5.74) is 1.44. The Hall–Kier alpha value is -4.18. The zero-order valence-corrected chi connectivity index (χ0v) is 18.3. The zero-order chi connectivity index (χ0) is 22.8. The van der Waals surface area contributed by atoms with E-state index in [4.69, 9.17) is 14.2 Å². The molecule has 9 nitrogen and oxygen atoms in total. The Bertz CT molecular complexity index is 1370. The molecular weight excluding hydrogens is 444 g/mol. The minimum absolute atomic E-state index is 0.262. The Balaban J connectivity index is 1.32. The number of amides is 2. The molecular formula is C23H18N4O5S. The first-order valence-electron chi connectivity index (χ1n) is 10.1. The van der Waals surface area contributed by atoms with Crippen LogP contribution in [0.4, 0.5) is 5.13 Å². The van der Waals surface area contributed by atoms with Crippen molar-refractivity contribution in [1.82, 2.24) is 15.3 Å². The molecule has 5 rings (SSSR count). The molecule has 0 fully saturated rings. The van der Waals surface area contributed by atoms with Gasteiger partial charge in [-0.05, 0) is 36.4 Å². The topological polar surface area (TPSA) is 112 Å². The number of benzene rings is 2. The predicted octanol–water partition coefficient (Wildman–Crippen LogP) is 3.87. The number of aromatic nitrogens is 2. The Morgan fingerprint density at radius 1 is 0.970 bits per heavy atom. The summed E-state index contributed by atoms with van der Waals surface area (Å²) in [7, 11) is 1.54. The van der Waals surface area contributed by atoms with Crippen LogP contribution in [0, 0.1) is 0 Å². The molecule has 0 radical (unpaired) electrons. The summed E-state index contributed by atoms with van der Waals surface area (Å²) in [6, 6.07) is 13.7. The summed E-state index contributed by atoms with van der Waals surface area (Å²) in [6.45, 7) is 0.944. The second-order valence-corrected chi connectivity index (χ2v) is 8.05. The van der Waals surface area contributed by atoms with Crippen molar-refractivity contribution >= 4 is 38.5 Å². The molecule has 0 atom stereocenters. The number of ether oxygens (including phenoxy) is 3. The summed E-state index contributed by atoms with van der Waals surface area (Å²) < 4.78 is 17.8. The molecule has 0 unspecified atom stereocenters. The minimum Gasteiger partial charge on any atom is -0.486 e. The molecule has 3 heterocycles. The highest BCUT2D eigenvalue weighted by Crippen LogP contribution is 2.33. The lowest BCUT2D eigenvalue weighted by Crippen LogP contribution is -2.18. The van der Waals surface area contributed by atoms with Crippen LogP contribution >= 0.6 is 11.3 Å². The Labute approximate surface area is 192 Å². The third-order valence-corrected chi connectivity index (χ3v) is 5.75. The summed E-state index contributed by atoms with van der Waals surface area (Å²) in [5.74, 6) is 1.65. The molecule has 1 aliphatic heterocycles. The van der Waals surface area contributed by atoms with Gasteiger partial charge in [0.1, 0.15) is 30.4 Å². The first-order chi connectivity index (χ1) is 16.1. The molecule has 0 saturated carbocycles. The number of fused-ring (bicyclic) bond motifs is 2. The average Bonchev–Trinajstić information content (AvgIpc) is 3.24. The van der Waals surface area contributed by atoms with E-state index in [2.05, 4.69) is 20.6 Å². The van der Waals surface area contributed by atoms with Crippen LogP contribution < -0.4 is 24.8 Å². The van der Waals surface area contributed by atoms with E-state index in [9.17, 15) is 9.59 Å².